The molecule has 1 heterocycles. The van der Waals surface area contributed by atoms with Crippen molar-refractivity contribution in [3.05, 3.63) is 104 Å². The number of anilines is 1. The molecule has 4 aromatic rings. The maximum atomic E-state index is 13.3. The Morgan fingerprint density at radius 3 is 2.50 bits per heavy atom. The van der Waals surface area contributed by atoms with E-state index in [4.69, 9.17) is 21.1 Å². The second-order valence-corrected chi connectivity index (χ2v) is 10.6. The Hall–Kier alpha value is -3.89. The summed E-state index contributed by atoms with van der Waals surface area (Å²) in [7, 11) is 0. The van der Waals surface area contributed by atoms with Crippen LogP contribution in [-0.4, -0.2) is 24.5 Å². The summed E-state index contributed by atoms with van der Waals surface area (Å²) in [4.78, 5) is 39.4. The molecule has 1 N–H and O–H groups in total. The van der Waals surface area contributed by atoms with E-state index in [2.05, 4.69) is 59.1 Å². The van der Waals surface area contributed by atoms with Gasteiger partial charge in [0.2, 0.25) is 0 Å². The average molecular weight is 667 g/mol. The number of halogens is 2. The zero-order chi connectivity index (χ0) is 28.4. The molecule has 0 bridgehead atoms. The highest BCUT2D eigenvalue weighted by Crippen LogP contribution is 2.37. The van der Waals surface area contributed by atoms with Gasteiger partial charge in [-0.25, -0.2) is 9.69 Å². The molecule has 40 heavy (non-hydrogen) atoms. The summed E-state index contributed by atoms with van der Waals surface area (Å²) in [6.07, 6.45) is 1.43. The standard InChI is InChI=1S/C31H24ClIN2O5/c1-3-39-27-16-19(14-22-29(36)34-31(38)35(30(22)37)26-11-7-6-10-24(26)32)15-25(33)28(27)40-17-23-18(2)12-13-20-8-4-5-9-21(20)23/h4-16H,3,17H2,1-2H3,(H,34,36,38)/b22-14+. The number of amides is 4. The van der Waals surface area contributed by atoms with Gasteiger partial charge in [0.1, 0.15) is 12.2 Å². The molecule has 1 fully saturated rings. The predicted octanol–water partition coefficient (Wildman–Crippen LogP) is 7.05. The highest BCUT2D eigenvalue weighted by molar-refractivity contribution is 14.1. The molecule has 9 heteroatoms. The second-order valence-electron chi connectivity index (χ2n) is 9.04. The molecule has 1 aliphatic rings. The van der Waals surface area contributed by atoms with Gasteiger partial charge in [0.15, 0.2) is 11.5 Å². The van der Waals surface area contributed by atoms with Crippen LogP contribution in [0.1, 0.15) is 23.6 Å². The van der Waals surface area contributed by atoms with E-state index in [0.29, 0.717) is 30.3 Å². The fourth-order valence-electron chi connectivity index (χ4n) is 4.53. The Balaban J connectivity index is 1.49. The zero-order valence-corrected chi connectivity index (χ0v) is 24.6. The third-order valence-corrected chi connectivity index (χ3v) is 7.59. The van der Waals surface area contributed by atoms with Crippen LogP contribution in [0, 0.1) is 10.5 Å². The number of rotatable bonds is 7. The van der Waals surface area contributed by atoms with Crippen molar-refractivity contribution < 1.29 is 23.9 Å². The lowest BCUT2D eigenvalue weighted by Crippen LogP contribution is -2.54. The number of carbonyl (C=O) groups excluding carboxylic acids is 3. The third kappa shape index (κ3) is 5.41. The largest absolute Gasteiger partial charge is 0.490 e. The molecule has 4 amide bonds. The van der Waals surface area contributed by atoms with Gasteiger partial charge in [-0.3, -0.25) is 14.9 Å². The lowest BCUT2D eigenvalue weighted by Gasteiger charge is -2.27. The van der Waals surface area contributed by atoms with Gasteiger partial charge in [0, 0.05) is 5.56 Å². The number of hydrogen-bond donors (Lipinski definition) is 1. The number of nitrogens with zero attached hydrogens (tertiary/aromatic N) is 1. The maximum absolute atomic E-state index is 13.3. The number of ether oxygens (including phenoxy) is 2. The van der Waals surface area contributed by atoms with Gasteiger partial charge < -0.3 is 9.47 Å². The van der Waals surface area contributed by atoms with E-state index in [9.17, 15) is 14.4 Å². The highest BCUT2D eigenvalue weighted by Gasteiger charge is 2.37. The topological polar surface area (TPSA) is 84.9 Å². The summed E-state index contributed by atoms with van der Waals surface area (Å²) in [5, 5.41) is 4.68. The molecule has 0 atom stereocenters. The summed E-state index contributed by atoms with van der Waals surface area (Å²) in [6.45, 7) is 4.63. The van der Waals surface area contributed by atoms with E-state index >= 15 is 0 Å². The van der Waals surface area contributed by atoms with Crippen molar-refractivity contribution in [1.29, 1.82) is 0 Å². The molecular weight excluding hydrogens is 643 g/mol. The average Bonchev–Trinajstić information content (AvgIpc) is 2.92. The van der Waals surface area contributed by atoms with E-state index in [1.54, 1.807) is 30.3 Å². The van der Waals surface area contributed by atoms with Crippen LogP contribution in [0.25, 0.3) is 16.8 Å². The number of benzene rings is 4. The summed E-state index contributed by atoms with van der Waals surface area (Å²) >= 11 is 8.38. The lowest BCUT2D eigenvalue weighted by molar-refractivity contribution is -0.122. The molecule has 0 unspecified atom stereocenters. The van der Waals surface area contributed by atoms with Gasteiger partial charge in [0.25, 0.3) is 11.8 Å². The molecule has 0 spiro atoms. The molecule has 7 nitrogen and oxygen atoms in total. The highest BCUT2D eigenvalue weighted by atomic mass is 127. The Kier molecular flexibility index (Phi) is 8.09. The van der Waals surface area contributed by atoms with Crippen molar-refractivity contribution in [3.8, 4) is 11.5 Å². The van der Waals surface area contributed by atoms with Gasteiger partial charge >= 0.3 is 6.03 Å². The molecular formula is C31H24ClIN2O5. The first kappa shape index (κ1) is 27.7. The number of barbiturate groups is 1. The normalized spacial score (nSPS) is 14.6. The minimum absolute atomic E-state index is 0.183. The van der Waals surface area contributed by atoms with Crippen molar-refractivity contribution in [2.24, 2.45) is 0 Å². The lowest BCUT2D eigenvalue weighted by atomic mass is 10.0. The molecule has 0 radical (unpaired) electrons. The molecule has 1 saturated heterocycles. The number of nitrogens with one attached hydrogen (secondary N) is 1. The number of para-hydroxylation sites is 1. The smallest absolute Gasteiger partial charge is 0.335 e. The van der Waals surface area contributed by atoms with Gasteiger partial charge in [0.05, 0.1) is 20.9 Å². The maximum Gasteiger partial charge on any atom is 0.335 e. The monoisotopic (exact) mass is 666 g/mol. The van der Waals surface area contributed by atoms with Gasteiger partial charge in [-0.05, 0) is 88.7 Å². The molecule has 202 valence electrons. The first-order valence-electron chi connectivity index (χ1n) is 12.5. The minimum Gasteiger partial charge on any atom is -0.490 e. The van der Waals surface area contributed by atoms with Crippen LogP contribution >= 0.6 is 34.2 Å². The molecule has 0 saturated carbocycles. The van der Waals surface area contributed by atoms with Gasteiger partial charge in [-0.1, -0.05) is 60.1 Å². The SMILES string of the molecule is CCOc1cc(/C=C2\C(=O)NC(=O)N(c3ccccc3Cl)C2=O)cc(I)c1OCc1c(C)ccc2ccccc12. The zero-order valence-electron chi connectivity index (χ0n) is 21.7. The van der Waals surface area contributed by atoms with Crippen LogP contribution in [0.15, 0.2) is 78.4 Å². The summed E-state index contributed by atoms with van der Waals surface area (Å²) in [5.41, 5.74) is 2.71. The van der Waals surface area contributed by atoms with E-state index in [0.717, 1.165) is 30.4 Å². The number of imide groups is 2. The quantitative estimate of drug-likeness (QED) is 0.130. The predicted molar refractivity (Wildman–Crippen MR) is 164 cm³/mol. The molecule has 0 aromatic heterocycles. The van der Waals surface area contributed by atoms with Crippen molar-refractivity contribution >= 4 is 74.6 Å². The number of carbonyl (C=O) groups is 3. The molecule has 5 rings (SSSR count). The van der Waals surface area contributed by atoms with Crippen molar-refractivity contribution in [1.82, 2.24) is 5.32 Å². The number of hydrogen-bond acceptors (Lipinski definition) is 5. The Bertz CT molecular complexity index is 1700. The first-order valence-corrected chi connectivity index (χ1v) is 14.0. The fourth-order valence-corrected chi connectivity index (χ4v) is 5.53. The Morgan fingerprint density at radius 1 is 0.975 bits per heavy atom. The third-order valence-electron chi connectivity index (χ3n) is 6.47. The Labute approximate surface area is 249 Å². The summed E-state index contributed by atoms with van der Waals surface area (Å²) < 4.78 is 13.0. The summed E-state index contributed by atoms with van der Waals surface area (Å²) in [6, 6.07) is 21.4. The number of aryl methyl sites for hydroxylation is 1. The molecule has 0 aliphatic carbocycles. The molecule has 1 aliphatic heterocycles. The van der Waals surface area contributed by atoms with Crippen molar-refractivity contribution in [2.45, 2.75) is 20.5 Å². The van der Waals surface area contributed by atoms with E-state index in [1.165, 1.54) is 12.1 Å². The van der Waals surface area contributed by atoms with E-state index in [-0.39, 0.29) is 16.3 Å². The van der Waals surface area contributed by atoms with Gasteiger partial charge in [-0.2, -0.15) is 0 Å². The molecule has 4 aromatic carbocycles. The van der Waals surface area contributed by atoms with Gasteiger partial charge in [-0.15, -0.1) is 0 Å². The van der Waals surface area contributed by atoms with E-state index in [1.807, 2.05) is 19.1 Å². The number of urea groups is 1. The number of fused-ring (bicyclic) bond motifs is 1. The fraction of sp³-hybridized carbons (Fsp3) is 0.129. The van der Waals surface area contributed by atoms with Crippen molar-refractivity contribution in [3.63, 3.8) is 0 Å². The van der Waals surface area contributed by atoms with E-state index < -0.39 is 17.8 Å². The summed E-state index contributed by atoms with van der Waals surface area (Å²) in [5.74, 6) is -0.536. The van der Waals surface area contributed by atoms with Crippen LogP contribution < -0.4 is 19.7 Å². The van der Waals surface area contributed by atoms with Crippen LogP contribution in [-0.2, 0) is 16.2 Å². The Morgan fingerprint density at radius 2 is 1.73 bits per heavy atom. The van der Waals surface area contributed by atoms with Crippen LogP contribution in [0.4, 0.5) is 10.5 Å². The van der Waals surface area contributed by atoms with Crippen molar-refractivity contribution in [2.75, 3.05) is 11.5 Å². The van der Waals surface area contributed by atoms with Crippen LogP contribution in [0.3, 0.4) is 0 Å². The minimum atomic E-state index is -0.864. The van der Waals surface area contributed by atoms with Crippen LogP contribution in [0.2, 0.25) is 5.02 Å². The first-order chi connectivity index (χ1) is 19.3. The van der Waals surface area contributed by atoms with Crippen LogP contribution in [0.5, 0.6) is 11.5 Å². The second kappa shape index (κ2) is 11.7.